The van der Waals surface area contributed by atoms with Crippen LogP contribution in [0, 0.1) is 5.92 Å². The topological polar surface area (TPSA) is 94.2 Å². The van der Waals surface area contributed by atoms with E-state index in [1.807, 2.05) is 24.3 Å². The minimum atomic E-state index is -0.314. The number of esters is 1. The molecule has 0 aromatic heterocycles. The molecular formula is C37H42N2O6. The van der Waals surface area contributed by atoms with Crippen LogP contribution in [0.25, 0.3) is 11.1 Å². The van der Waals surface area contributed by atoms with Gasteiger partial charge in [0.1, 0.15) is 5.75 Å². The number of nitrogens with one attached hydrogen (secondary N) is 1. The number of amides is 1. The van der Waals surface area contributed by atoms with Crippen LogP contribution in [0.5, 0.6) is 5.75 Å². The highest BCUT2D eigenvalue weighted by Crippen LogP contribution is 2.35. The molecule has 3 aromatic carbocycles. The number of carbonyl (C=O) groups is 3. The number of ether oxygens (including phenoxy) is 3. The first-order valence-electron chi connectivity index (χ1n) is 15.8. The molecular weight excluding hydrogens is 568 g/mol. The van der Waals surface area contributed by atoms with Crippen LogP contribution in [0.1, 0.15) is 44.6 Å². The fourth-order valence-corrected chi connectivity index (χ4v) is 6.11. The average molecular weight is 611 g/mol. The first kappa shape index (κ1) is 32.3. The lowest BCUT2D eigenvalue weighted by Gasteiger charge is -2.35. The Morgan fingerprint density at radius 1 is 0.911 bits per heavy atom. The first-order chi connectivity index (χ1) is 22.0. The Morgan fingerprint density at radius 2 is 1.60 bits per heavy atom. The van der Waals surface area contributed by atoms with Crippen LogP contribution in [-0.2, 0) is 30.5 Å². The number of nitrogens with zero attached hydrogens (tertiary/aromatic N) is 1. The maximum atomic E-state index is 13.3. The molecule has 8 nitrogen and oxygen atoms in total. The Morgan fingerprint density at radius 3 is 2.31 bits per heavy atom. The molecule has 0 spiro atoms. The van der Waals surface area contributed by atoms with Crippen molar-refractivity contribution in [3.8, 4) is 16.9 Å². The molecule has 1 aliphatic carbocycles. The number of hydrogen-bond acceptors (Lipinski definition) is 7. The number of benzene rings is 3. The number of anilines is 1. The summed E-state index contributed by atoms with van der Waals surface area (Å²) in [5.74, 6) is 0.315. The van der Waals surface area contributed by atoms with E-state index in [1.54, 1.807) is 24.3 Å². The fraction of sp³-hybridized carbons (Fsp3) is 0.378. The van der Waals surface area contributed by atoms with Crippen molar-refractivity contribution < 1.29 is 28.6 Å². The van der Waals surface area contributed by atoms with Crippen molar-refractivity contribution >= 4 is 23.3 Å². The van der Waals surface area contributed by atoms with Gasteiger partial charge in [0.25, 0.3) is 0 Å². The molecule has 0 radical (unpaired) electrons. The van der Waals surface area contributed by atoms with E-state index >= 15 is 0 Å². The molecule has 1 N–H and O–H groups in total. The van der Waals surface area contributed by atoms with Crippen molar-refractivity contribution in [1.29, 1.82) is 0 Å². The molecule has 1 saturated heterocycles. The van der Waals surface area contributed by atoms with Crippen LogP contribution in [0.15, 0.2) is 91.0 Å². The second-order valence-electron chi connectivity index (χ2n) is 11.6. The standard InChI is InChI=1S/C37H42N2O6/c1-27(40)38-31-17-19-32(20-18-31)45-36(42)12-8-3-2-7-11-33-35(25-34(41)37(33)39-21-23-43-24-22-39)44-26-28-13-15-30(16-14-28)29-9-5-4-6-10-29/h2-6,9-10,13-20,33,35,37H,7-8,11-12,21-26H2,1H3,(H,38,40)/b3-2-/t33?,35-,37+/m1/s1. The van der Waals surface area contributed by atoms with E-state index in [0.717, 1.165) is 37.1 Å². The van der Waals surface area contributed by atoms with Gasteiger partial charge in [-0.2, -0.15) is 0 Å². The molecule has 8 heteroatoms. The predicted octanol–water partition coefficient (Wildman–Crippen LogP) is 6.21. The minimum Gasteiger partial charge on any atom is -0.427 e. The number of rotatable bonds is 13. The Kier molecular flexibility index (Phi) is 11.7. The summed E-state index contributed by atoms with van der Waals surface area (Å²) in [6.07, 6.45) is 6.84. The van der Waals surface area contributed by atoms with E-state index in [0.29, 0.717) is 44.1 Å². The third-order valence-electron chi connectivity index (χ3n) is 8.33. The second-order valence-corrected chi connectivity index (χ2v) is 11.6. The summed E-state index contributed by atoms with van der Waals surface area (Å²) in [5.41, 5.74) is 4.08. The van der Waals surface area contributed by atoms with Crippen LogP contribution in [-0.4, -0.2) is 61.0 Å². The van der Waals surface area contributed by atoms with Crippen LogP contribution >= 0.6 is 0 Å². The minimum absolute atomic E-state index is 0.0919. The van der Waals surface area contributed by atoms with Crippen LogP contribution < -0.4 is 10.1 Å². The Bertz CT molecular complexity index is 1430. The van der Waals surface area contributed by atoms with E-state index in [4.69, 9.17) is 14.2 Å². The number of allylic oxidation sites excluding steroid dienone is 2. The summed E-state index contributed by atoms with van der Waals surface area (Å²) < 4.78 is 17.4. The lowest BCUT2D eigenvalue weighted by atomic mass is 9.93. The van der Waals surface area contributed by atoms with Gasteiger partial charge in [0.05, 0.1) is 32.0 Å². The van der Waals surface area contributed by atoms with Crippen LogP contribution in [0.4, 0.5) is 5.69 Å². The number of carbonyl (C=O) groups excluding carboxylic acids is 3. The SMILES string of the molecule is CC(=O)Nc1ccc(OC(=O)CC/C=C\CCC2[C@H](N3CCOCC3)C(=O)C[C@H]2OCc2ccc(-c3ccccc3)cc2)cc1. The van der Waals surface area contributed by atoms with E-state index in [-0.39, 0.29) is 42.1 Å². The van der Waals surface area contributed by atoms with Gasteiger partial charge in [-0.1, -0.05) is 66.7 Å². The molecule has 0 bridgehead atoms. The largest absolute Gasteiger partial charge is 0.427 e. The summed E-state index contributed by atoms with van der Waals surface area (Å²) in [5, 5.41) is 2.68. The zero-order chi connectivity index (χ0) is 31.4. The van der Waals surface area contributed by atoms with E-state index in [1.165, 1.54) is 12.5 Å². The van der Waals surface area contributed by atoms with Crippen LogP contribution in [0.2, 0.25) is 0 Å². The van der Waals surface area contributed by atoms with Crippen molar-refractivity contribution in [2.45, 2.75) is 57.8 Å². The summed E-state index contributed by atoms with van der Waals surface area (Å²) >= 11 is 0. The maximum absolute atomic E-state index is 13.3. The maximum Gasteiger partial charge on any atom is 0.311 e. The Labute approximate surface area is 265 Å². The lowest BCUT2D eigenvalue weighted by Crippen LogP contribution is -2.49. The molecule has 1 saturated carbocycles. The van der Waals surface area contributed by atoms with Crippen molar-refractivity contribution in [3.05, 3.63) is 96.6 Å². The number of Topliss-reactive ketones (excluding diaryl/α,β-unsaturated/α-hetero) is 1. The molecule has 1 amide bonds. The molecule has 1 heterocycles. The molecule has 1 unspecified atom stereocenters. The van der Waals surface area contributed by atoms with Gasteiger partial charge >= 0.3 is 5.97 Å². The average Bonchev–Trinajstić information content (AvgIpc) is 3.37. The highest BCUT2D eigenvalue weighted by atomic mass is 16.5. The van der Waals surface area contributed by atoms with Crippen LogP contribution in [0.3, 0.4) is 0 Å². The van der Waals surface area contributed by atoms with E-state index < -0.39 is 0 Å². The number of hydrogen-bond donors (Lipinski definition) is 1. The molecule has 3 atom stereocenters. The molecule has 1 aliphatic heterocycles. The highest BCUT2D eigenvalue weighted by Gasteiger charge is 2.45. The van der Waals surface area contributed by atoms with Gasteiger partial charge in [0.15, 0.2) is 5.78 Å². The summed E-state index contributed by atoms with van der Waals surface area (Å²) in [7, 11) is 0. The van der Waals surface area contributed by atoms with Gasteiger partial charge in [-0.25, -0.2) is 0 Å². The normalized spacial score (nSPS) is 20.4. The second kappa shape index (κ2) is 16.3. The number of morpholine rings is 1. The highest BCUT2D eigenvalue weighted by molar-refractivity contribution is 5.88. The van der Waals surface area contributed by atoms with Gasteiger partial charge in [-0.05, 0) is 60.2 Å². The molecule has 45 heavy (non-hydrogen) atoms. The first-order valence-corrected chi connectivity index (χ1v) is 15.8. The molecule has 2 aliphatic rings. The fourth-order valence-electron chi connectivity index (χ4n) is 6.11. The third-order valence-corrected chi connectivity index (χ3v) is 8.33. The Hall–Kier alpha value is -4.11. The van der Waals surface area contributed by atoms with Crippen molar-refractivity contribution in [2.24, 2.45) is 5.92 Å². The van der Waals surface area contributed by atoms with Gasteiger partial charge in [0.2, 0.25) is 5.91 Å². The summed E-state index contributed by atoms with van der Waals surface area (Å²) in [6, 6.07) is 25.3. The monoisotopic (exact) mass is 610 g/mol. The molecule has 2 fully saturated rings. The number of ketones is 1. The van der Waals surface area contributed by atoms with Gasteiger partial charge in [-0.3, -0.25) is 19.3 Å². The smallest absolute Gasteiger partial charge is 0.311 e. The predicted molar refractivity (Wildman–Crippen MR) is 174 cm³/mol. The summed E-state index contributed by atoms with van der Waals surface area (Å²) in [4.78, 5) is 39.0. The van der Waals surface area contributed by atoms with Crippen molar-refractivity contribution in [1.82, 2.24) is 4.90 Å². The lowest BCUT2D eigenvalue weighted by molar-refractivity contribution is -0.134. The van der Waals surface area contributed by atoms with Crippen molar-refractivity contribution in [3.63, 3.8) is 0 Å². The zero-order valence-corrected chi connectivity index (χ0v) is 25.9. The molecule has 236 valence electrons. The molecule has 5 rings (SSSR count). The van der Waals surface area contributed by atoms with E-state index in [2.05, 4.69) is 52.7 Å². The Balaban J connectivity index is 1.12. The quantitative estimate of drug-likeness (QED) is 0.140. The van der Waals surface area contributed by atoms with Gasteiger partial charge in [0, 0.05) is 44.5 Å². The third kappa shape index (κ3) is 9.44. The zero-order valence-electron chi connectivity index (χ0n) is 25.9. The van der Waals surface area contributed by atoms with E-state index in [9.17, 15) is 14.4 Å². The van der Waals surface area contributed by atoms with Gasteiger partial charge < -0.3 is 19.5 Å². The summed E-state index contributed by atoms with van der Waals surface area (Å²) in [6.45, 7) is 4.71. The van der Waals surface area contributed by atoms with Crippen molar-refractivity contribution in [2.75, 3.05) is 31.6 Å². The molecule has 3 aromatic rings. The van der Waals surface area contributed by atoms with Gasteiger partial charge in [-0.15, -0.1) is 0 Å².